The summed E-state index contributed by atoms with van der Waals surface area (Å²) in [4.78, 5) is 35.7. The van der Waals surface area contributed by atoms with Crippen LogP contribution in [0.4, 0.5) is 23.7 Å². The van der Waals surface area contributed by atoms with Gasteiger partial charge in [-0.05, 0) is 25.5 Å². The third-order valence-electron chi connectivity index (χ3n) is 3.67. The molecule has 0 saturated heterocycles. The van der Waals surface area contributed by atoms with Crippen LogP contribution in [-0.2, 0) is 15.8 Å². The molecule has 10 heteroatoms. The van der Waals surface area contributed by atoms with Crippen molar-refractivity contribution in [3.8, 4) is 0 Å². The molecule has 0 radical (unpaired) electrons. The van der Waals surface area contributed by atoms with Crippen LogP contribution in [0.15, 0.2) is 24.3 Å². The number of likely N-dealkylation sites (N-methyl/N-ethyl adjacent to an activating group) is 1. The Morgan fingerprint density at radius 3 is 2.30 bits per heavy atom. The summed E-state index contributed by atoms with van der Waals surface area (Å²) in [6.07, 6.45) is -3.89. The van der Waals surface area contributed by atoms with Gasteiger partial charge >= 0.3 is 12.2 Å². The molecule has 1 rings (SSSR count). The summed E-state index contributed by atoms with van der Waals surface area (Å²) in [7, 11) is 1.52. The number of imide groups is 1. The Labute approximate surface area is 155 Å². The van der Waals surface area contributed by atoms with E-state index in [1.165, 1.54) is 19.2 Å². The number of quaternary nitrogens is 1. The van der Waals surface area contributed by atoms with Crippen LogP contribution >= 0.6 is 0 Å². The van der Waals surface area contributed by atoms with Crippen LogP contribution in [0.3, 0.4) is 0 Å². The number of anilines is 1. The van der Waals surface area contributed by atoms with Crippen molar-refractivity contribution < 1.29 is 32.5 Å². The fourth-order valence-electron chi connectivity index (χ4n) is 2.18. The molecule has 0 aromatic heterocycles. The van der Waals surface area contributed by atoms with E-state index in [4.69, 9.17) is 0 Å². The summed E-state index contributed by atoms with van der Waals surface area (Å²) in [6.45, 7) is 3.22. The number of para-hydroxylation sites is 1. The number of hydrogen-bond donors (Lipinski definition) is 4. The molecule has 0 saturated carbocycles. The lowest BCUT2D eigenvalue weighted by molar-refractivity contribution is -0.862. The molecule has 0 bridgehead atoms. The number of alkyl halides is 3. The minimum Gasteiger partial charge on any atom is -0.335 e. The molecule has 1 aromatic carbocycles. The number of rotatable bonds is 7. The number of benzene rings is 1. The standard InChI is InChI=1S/C17H23F3N4O3/c1-4-11(2)21-16(27)23-15(26)10-24(3)9-14(25)22-13-8-6-5-7-12(13)17(18,19)20/h5-8,11H,4,9-10H2,1-3H3,(H,22,25)(H2,21,23,26,27)/p+1/t11-/m0/s1. The summed E-state index contributed by atoms with van der Waals surface area (Å²) >= 11 is 0. The summed E-state index contributed by atoms with van der Waals surface area (Å²) in [5, 5.41) is 6.90. The van der Waals surface area contributed by atoms with Gasteiger partial charge in [0, 0.05) is 6.04 Å². The normalized spacial score (nSPS) is 13.4. The Bertz CT molecular complexity index is 680. The highest BCUT2D eigenvalue weighted by atomic mass is 19.4. The average molecular weight is 389 g/mol. The molecule has 0 aliphatic rings. The fraction of sp³-hybridized carbons (Fsp3) is 0.471. The SMILES string of the molecule is CC[C@H](C)NC(=O)NC(=O)C[NH+](C)CC(=O)Nc1ccccc1C(F)(F)F. The van der Waals surface area contributed by atoms with E-state index in [2.05, 4.69) is 16.0 Å². The molecule has 27 heavy (non-hydrogen) atoms. The third kappa shape index (κ3) is 8.07. The lowest BCUT2D eigenvalue weighted by atomic mass is 10.1. The smallest absolute Gasteiger partial charge is 0.335 e. The predicted octanol–water partition coefficient (Wildman–Crippen LogP) is 0.783. The fourth-order valence-corrected chi connectivity index (χ4v) is 2.18. The molecule has 150 valence electrons. The largest absolute Gasteiger partial charge is 0.418 e. The van der Waals surface area contributed by atoms with Crippen LogP contribution in [0.5, 0.6) is 0 Å². The zero-order valence-electron chi connectivity index (χ0n) is 15.4. The van der Waals surface area contributed by atoms with Crippen molar-refractivity contribution in [1.29, 1.82) is 0 Å². The molecule has 0 spiro atoms. The number of nitrogens with one attached hydrogen (secondary N) is 4. The van der Waals surface area contributed by atoms with Crippen LogP contribution < -0.4 is 20.9 Å². The molecular weight excluding hydrogens is 365 g/mol. The Morgan fingerprint density at radius 2 is 1.70 bits per heavy atom. The molecular formula is C17H24F3N4O3+. The van der Waals surface area contributed by atoms with Crippen molar-refractivity contribution in [1.82, 2.24) is 10.6 Å². The van der Waals surface area contributed by atoms with E-state index in [1.807, 2.05) is 6.92 Å². The number of halogens is 3. The number of carbonyl (C=O) groups excluding carboxylic acids is 3. The predicted molar refractivity (Wildman–Crippen MR) is 93.1 cm³/mol. The van der Waals surface area contributed by atoms with Gasteiger partial charge in [0.25, 0.3) is 11.8 Å². The van der Waals surface area contributed by atoms with E-state index in [0.29, 0.717) is 11.3 Å². The van der Waals surface area contributed by atoms with Crippen molar-refractivity contribution in [2.75, 3.05) is 25.5 Å². The van der Waals surface area contributed by atoms with E-state index < -0.39 is 29.6 Å². The maximum atomic E-state index is 12.9. The van der Waals surface area contributed by atoms with Crippen LogP contribution in [-0.4, -0.2) is 44.0 Å². The van der Waals surface area contributed by atoms with Crippen LogP contribution in [0.25, 0.3) is 0 Å². The van der Waals surface area contributed by atoms with Crippen molar-refractivity contribution in [3.63, 3.8) is 0 Å². The zero-order chi connectivity index (χ0) is 20.6. The number of amides is 4. The van der Waals surface area contributed by atoms with Crippen molar-refractivity contribution >= 4 is 23.5 Å². The number of urea groups is 1. The van der Waals surface area contributed by atoms with Crippen LogP contribution in [0, 0.1) is 0 Å². The number of carbonyl (C=O) groups is 3. The van der Waals surface area contributed by atoms with Crippen LogP contribution in [0.2, 0.25) is 0 Å². The van der Waals surface area contributed by atoms with Crippen molar-refractivity contribution in [2.24, 2.45) is 0 Å². The Kier molecular flexibility index (Phi) is 8.23. The van der Waals surface area contributed by atoms with E-state index in [9.17, 15) is 27.6 Å². The maximum Gasteiger partial charge on any atom is 0.418 e. The highest BCUT2D eigenvalue weighted by Gasteiger charge is 2.33. The molecule has 0 aliphatic heterocycles. The lowest BCUT2D eigenvalue weighted by Gasteiger charge is -2.16. The first-order valence-corrected chi connectivity index (χ1v) is 8.40. The summed E-state index contributed by atoms with van der Waals surface area (Å²) in [5.41, 5.74) is -1.30. The second-order valence-electron chi connectivity index (χ2n) is 6.23. The van der Waals surface area contributed by atoms with E-state index >= 15 is 0 Å². The summed E-state index contributed by atoms with van der Waals surface area (Å²) < 4.78 is 38.8. The molecule has 0 aliphatic carbocycles. The topological polar surface area (TPSA) is 91.7 Å². The minimum absolute atomic E-state index is 0.0950. The second-order valence-corrected chi connectivity index (χ2v) is 6.23. The molecule has 4 N–H and O–H groups in total. The monoisotopic (exact) mass is 389 g/mol. The highest BCUT2D eigenvalue weighted by molar-refractivity contribution is 5.95. The molecule has 1 unspecified atom stereocenters. The van der Waals surface area contributed by atoms with E-state index in [1.54, 1.807) is 6.92 Å². The van der Waals surface area contributed by atoms with Gasteiger partial charge in [-0.3, -0.25) is 14.9 Å². The van der Waals surface area contributed by atoms with Gasteiger partial charge in [0.15, 0.2) is 13.1 Å². The summed E-state index contributed by atoms with van der Waals surface area (Å²) in [5.74, 6) is -1.28. The first-order chi connectivity index (χ1) is 12.5. The first-order valence-electron chi connectivity index (χ1n) is 8.40. The van der Waals surface area contributed by atoms with Gasteiger partial charge in [-0.2, -0.15) is 13.2 Å². The minimum atomic E-state index is -4.59. The molecule has 7 nitrogen and oxygen atoms in total. The number of hydrogen-bond acceptors (Lipinski definition) is 3. The van der Waals surface area contributed by atoms with Crippen molar-refractivity contribution in [3.05, 3.63) is 29.8 Å². The zero-order valence-corrected chi connectivity index (χ0v) is 15.4. The average Bonchev–Trinajstić information content (AvgIpc) is 2.53. The quantitative estimate of drug-likeness (QED) is 0.556. The third-order valence-corrected chi connectivity index (χ3v) is 3.67. The second kappa shape index (κ2) is 9.91. The van der Waals surface area contributed by atoms with Gasteiger partial charge in [0.05, 0.1) is 18.3 Å². The van der Waals surface area contributed by atoms with E-state index in [0.717, 1.165) is 12.1 Å². The Hall–Kier alpha value is -2.62. The summed E-state index contributed by atoms with van der Waals surface area (Å²) in [6, 6.07) is 3.90. The van der Waals surface area contributed by atoms with Crippen molar-refractivity contribution in [2.45, 2.75) is 32.5 Å². The van der Waals surface area contributed by atoms with Gasteiger partial charge in [-0.25, -0.2) is 4.79 Å². The van der Waals surface area contributed by atoms with E-state index in [-0.39, 0.29) is 24.8 Å². The van der Waals surface area contributed by atoms with Crippen LogP contribution in [0.1, 0.15) is 25.8 Å². The molecule has 4 amide bonds. The maximum absolute atomic E-state index is 12.9. The van der Waals surface area contributed by atoms with Gasteiger partial charge in [-0.15, -0.1) is 0 Å². The van der Waals surface area contributed by atoms with Gasteiger partial charge in [0.1, 0.15) is 0 Å². The Morgan fingerprint density at radius 1 is 1.11 bits per heavy atom. The molecule has 0 fully saturated rings. The van der Waals surface area contributed by atoms with Gasteiger partial charge in [-0.1, -0.05) is 19.1 Å². The Balaban J connectivity index is 2.54. The van der Waals surface area contributed by atoms with Gasteiger partial charge in [0.2, 0.25) is 0 Å². The molecule has 1 aromatic rings. The molecule has 2 atom stereocenters. The first kappa shape index (κ1) is 22.4. The lowest BCUT2D eigenvalue weighted by Crippen LogP contribution is -3.11. The molecule has 0 heterocycles. The highest BCUT2D eigenvalue weighted by Crippen LogP contribution is 2.34. The van der Waals surface area contributed by atoms with Gasteiger partial charge < -0.3 is 15.5 Å².